The number of aromatic nitrogens is 3. The summed E-state index contributed by atoms with van der Waals surface area (Å²) < 4.78 is 33.3. The van der Waals surface area contributed by atoms with Crippen molar-refractivity contribution in [3.63, 3.8) is 0 Å². The molecule has 4 aromatic rings. The van der Waals surface area contributed by atoms with Crippen molar-refractivity contribution in [3.05, 3.63) is 65.5 Å². The molecule has 1 amide bonds. The van der Waals surface area contributed by atoms with Crippen LogP contribution in [0.5, 0.6) is 5.75 Å². The molecule has 184 valence electrons. The molecule has 8 nitrogen and oxygen atoms in total. The van der Waals surface area contributed by atoms with E-state index in [9.17, 15) is 13.2 Å². The first kappa shape index (κ1) is 24.9. The summed E-state index contributed by atoms with van der Waals surface area (Å²) >= 11 is 1.39. The fourth-order valence-corrected chi connectivity index (χ4v) is 5.76. The number of ether oxygens (including phenoxy) is 1. The molecule has 0 aliphatic heterocycles. The van der Waals surface area contributed by atoms with Gasteiger partial charge < -0.3 is 4.74 Å². The minimum atomic E-state index is -3.45. The molecular formula is C25H28N4O4S2. The monoisotopic (exact) mass is 512 g/mol. The van der Waals surface area contributed by atoms with Crippen molar-refractivity contribution in [3.8, 4) is 5.75 Å². The van der Waals surface area contributed by atoms with E-state index < -0.39 is 9.84 Å². The standard InChI is InChI=1S/C25H28N4O4S2/c1-5-33-21-11-8-12-22-23(21)26-25(34-22)28(13-14-29-18(4)15-17(3)27-29)24(30)19-9-7-10-20(16-19)35(31,32)6-2/h7-12,15-16H,5-6,13-14H2,1-4H3. The van der Waals surface area contributed by atoms with Gasteiger partial charge in [-0.15, -0.1) is 0 Å². The Hall–Kier alpha value is -3.24. The lowest BCUT2D eigenvalue weighted by molar-refractivity contribution is 0.0985. The summed E-state index contributed by atoms with van der Waals surface area (Å²) in [6.45, 7) is 8.68. The largest absolute Gasteiger partial charge is 0.492 e. The number of aryl methyl sites for hydroxylation is 2. The highest BCUT2D eigenvalue weighted by Crippen LogP contribution is 2.35. The number of nitrogens with zero attached hydrogens (tertiary/aromatic N) is 4. The third-order valence-electron chi connectivity index (χ3n) is 5.61. The number of rotatable bonds is 9. The lowest BCUT2D eigenvalue weighted by atomic mass is 10.2. The van der Waals surface area contributed by atoms with Gasteiger partial charge in [0, 0.05) is 17.8 Å². The average Bonchev–Trinajstić information content (AvgIpc) is 3.42. The maximum atomic E-state index is 13.7. The van der Waals surface area contributed by atoms with Crippen LogP contribution < -0.4 is 9.64 Å². The Bertz CT molecular complexity index is 1470. The summed E-state index contributed by atoms with van der Waals surface area (Å²) in [5.41, 5.74) is 2.88. The zero-order valence-corrected chi connectivity index (χ0v) is 21.8. The maximum absolute atomic E-state index is 13.7. The molecule has 0 radical (unpaired) electrons. The molecular weight excluding hydrogens is 484 g/mol. The smallest absolute Gasteiger partial charge is 0.260 e. The van der Waals surface area contributed by atoms with Gasteiger partial charge in [0.25, 0.3) is 5.91 Å². The average molecular weight is 513 g/mol. The van der Waals surface area contributed by atoms with E-state index in [0.717, 1.165) is 16.1 Å². The summed E-state index contributed by atoms with van der Waals surface area (Å²) in [7, 11) is -3.45. The van der Waals surface area contributed by atoms with Crippen LogP contribution >= 0.6 is 11.3 Å². The van der Waals surface area contributed by atoms with Gasteiger partial charge in [0.2, 0.25) is 0 Å². The first-order chi connectivity index (χ1) is 16.7. The Morgan fingerprint density at radius 1 is 1.11 bits per heavy atom. The number of hydrogen-bond acceptors (Lipinski definition) is 7. The number of anilines is 1. The third kappa shape index (κ3) is 5.23. The fraction of sp³-hybridized carbons (Fsp3) is 0.320. The summed E-state index contributed by atoms with van der Waals surface area (Å²) in [6, 6.07) is 13.9. The molecule has 4 rings (SSSR count). The van der Waals surface area contributed by atoms with Crippen LogP contribution in [0.4, 0.5) is 5.13 Å². The molecule has 0 fully saturated rings. The van der Waals surface area contributed by atoms with Gasteiger partial charge in [-0.2, -0.15) is 5.10 Å². The number of hydrogen-bond donors (Lipinski definition) is 0. The minimum Gasteiger partial charge on any atom is -0.492 e. The Morgan fingerprint density at radius 2 is 1.89 bits per heavy atom. The lowest BCUT2D eigenvalue weighted by Gasteiger charge is -2.20. The van der Waals surface area contributed by atoms with Gasteiger partial charge in [0.15, 0.2) is 15.0 Å². The van der Waals surface area contributed by atoms with Crippen molar-refractivity contribution in [2.45, 2.75) is 39.1 Å². The quantitative estimate of drug-likeness (QED) is 0.324. The number of thiazole rings is 1. The van der Waals surface area contributed by atoms with E-state index in [1.165, 1.54) is 23.5 Å². The predicted molar refractivity (Wildman–Crippen MR) is 138 cm³/mol. The van der Waals surface area contributed by atoms with Crippen LogP contribution in [-0.2, 0) is 16.4 Å². The molecule has 0 spiro atoms. The second-order valence-corrected chi connectivity index (χ2v) is 11.4. The highest BCUT2D eigenvalue weighted by Gasteiger charge is 2.24. The third-order valence-corrected chi connectivity index (χ3v) is 8.38. The number of carbonyl (C=O) groups excluding carboxylic acids is 1. The Balaban J connectivity index is 1.75. The molecule has 0 aliphatic carbocycles. The number of para-hydroxylation sites is 1. The number of carbonyl (C=O) groups is 1. The first-order valence-corrected chi connectivity index (χ1v) is 13.9. The summed E-state index contributed by atoms with van der Waals surface area (Å²) in [5.74, 6) is 0.302. The fourth-order valence-electron chi connectivity index (χ4n) is 3.82. The van der Waals surface area contributed by atoms with Crippen molar-refractivity contribution in [2.75, 3.05) is 23.8 Å². The zero-order valence-electron chi connectivity index (χ0n) is 20.2. The molecule has 0 bridgehead atoms. The van der Waals surface area contributed by atoms with Crippen molar-refractivity contribution >= 4 is 42.4 Å². The first-order valence-electron chi connectivity index (χ1n) is 11.4. The molecule has 35 heavy (non-hydrogen) atoms. The summed E-state index contributed by atoms with van der Waals surface area (Å²) in [6.07, 6.45) is 0. The van der Waals surface area contributed by atoms with Crippen LogP contribution in [0.3, 0.4) is 0 Å². The van der Waals surface area contributed by atoms with Gasteiger partial charge in [-0.05, 0) is 57.2 Å². The van der Waals surface area contributed by atoms with E-state index >= 15 is 0 Å². The van der Waals surface area contributed by atoms with Crippen molar-refractivity contribution < 1.29 is 17.9 Å². The highest BCUT2D eigenvalue weighted by molar-refractivity contribution is 7.91. The van der Waals surface area contributed by atoms with Crippen LogP contribution in [-0.4, -0.2) is 48.0 Å². The number of benzene rings is 2. The number of amides is 1. The molecule has 0 aliphatic rings. The maximum Gasteiger partial charge on any atom is 0.260 e. The van der Waals surface area contributed by atoms with Gasteiger partial charge in [0.1, 0.15) is 11.3 Å². The van der Waals surface area contributed by atoms with E-state index in [2.05, 4.69) is 5.10 Å². The van der Waals surface area contributed by atoms with Gasteiger partial charge in [-0.25, -0.2) is 13.4 Å². The molecule has 0 saturated carbocycles. The summed E-state index contributed by atoms with van der Waals surface area (Å²) in [4.78, 5) is 20.2. The van der Waals surface area contributed by atoms with Gasteiger partial charge >= 0.3 is 0 Å². The van der Waals surface area contributed by atoms with E-state index in [4.69, 9.17) is 9.72 Å². The summed E-state index contributed by atoms with van der Waals surface area (Å²) in [5, 5.41) is 5.03. The van der Waals surface area contributed by atoms with E-state index in [-0.39, 0.29) is 22.1 Å². The van der Waals surface area contributed by atoms with Gasteiger partial charge in [-0.3, -0.25) is 14.4 Å². The Kier molecular flexibility index (Phi) is 7.23. The Morgan fingerprint density at radius 3 is 2.57 bits per heavy atom. The van der Waals surface area contributed by atoms with Crippen LogP contribution in [0.25, 0.3) is 10.2 Å². The number of fused-ring (bicyclic) bond motifs is 1. The van der Waals surface area contributed by atoms with Gasteiger partial charge in [0.05, 0.1) is 34.2 Å². The zero-order chi connectivity index (χ0) is 25.2. The van der Waals surface area contributed by atoms with Crippen molar-refractivity contribution in [1.82, 2.24) is 14.8 Å². The molecule has 2 heterocycles. The highest BCUT2D eigenvalue weighted by atomic mass is 32.2. The van der Waals surface area contributed by atoms with Crippen LogP contribution in [0.15, 0.2) is 53.4 Å². The minimum absolute atomic E-state index is 0.0373. The lowest BCUT2D eigenvalue weighted by Crippen LogP contribution is -2.34. The molecule has 0 unspecified atom stereocenters. The molecule has 0 saturated heterocycles. The normalized spacial score (nSPS) is 11.7. The van der Waals surface area contributed by atoms with Crippen LogP contribution in [0.1, 0.15) is 35.6 Å². The number of sulfone groups is 1. The second kappa shape index (κ2) is 10.2. The van der Waals surface area contributed by atoms with Crippen LogP contribution in [0.2, 0.25) is 0 Å². The molecule has 0 N–H and O–H groups in total. The van der Waals surface area contributed by atoms with E-state index in [1.807, 2.05) is 49.7 Å². The van der Waals surface area contributed by atoms with Crippen molar-refractivity contribution in [1.29, 1.82) is 0 Å². The molecule has 2 aromatic carbocycles. The van der Waals surface area contributed by atoms with E-state index in [1.54, 1.807) is 24.0 Å². The second-order valence-electron chi connectivity index (χ2n) is 8.07. The molecule has 0 atom stereocenters. The van der Waals surface area contributed by atoms with Crippen molar-refractivity contribution in [2.24, 2.45) is 0 Å². The van der Waals surface area contributed by atoms with Crippen LogP contribution in [0, 0.1) is 13.8 Å². The molecule has 10 heteroatoms. The SMILES string of the molecule is CCOc1cccc2sc(N(CCn3nc(C)cc3C)C(=O)c3cccc(S(=O)(=O)CC)c3)nc12. The van der Waals surface area contributed by atoms with Gasteiger partial charge in [-0.1, -0.05) is 30.4 Å². The Labute approximate surface area is 209 Å². The van der Waals surface area contributed by atoms with E-state index in [0.29, 0.717) is 36.1 Å². The molecule has 2 aromatic heterocycles. The predicted octanol–water partition coefficient (Wildman–Crippen LogP) is 4.65. The topological polar surface area (TPSA) is 94.4 Å².